The van der Waals surface area contributed by atoms with E-state index < -0.39 is 0 Å². The van der Waals surface area contributed by atoms with Gasteiger partial charge in [0, 0.05) is 15.8 Å². The molecule has 0 bridgehead atoms. The van der Waals surface area contributed by atoms with E-state index in [0.29, 0.717) is 0 Å². The Bertz CT molecular complexity index is 258. The van der Waals surface area contributed by atoms with Gasteiger partial charge in [0.1, 0.15) is 0 Å². The van der Waals surface area contributed by atoms with Crippen LogP contribution in [-0.4, -0.2) is 6.54 Å². The van der Waals surface area contributed by atoms with Crippen LogP contribution >= 0.6 is 11.3 Å². The fourth-order valence-electron chi connectivity index (χ4n) is 1.43. The predicted molar refractivity (Wildman–Crippen MR) is 63.5 cm³/mol. The zero-order valence-electron chi connectivity index (χ0n) is 8.83. The molecule has 1 heterocycles. The van der Waals surface area contributed by atoms with Gasteiger partial charge >= 0.3 is 0 Å². The third kappa shape index (κ3) is 3.40. The summed E-state index contributed by atoms with van der Waals surface area (Å²) in [7, 11) is 0. The molecule has 0 unspecified atom stereocenters. The molecule has 0 aliphatic carbocycles. The summed E-state index contributed by atoms with van der Waals surface area (Å²) in [6.45, 7) is 2.95. The highest BCUT2D eigenvalue weighted by atomic mass is 32.1. The topological polar surface area (TPSA) is 52.0 Å². The molecular weight excluding hydrogens is 192 g/mol. The van der Waals surface area contributed by atoms with Crippen LogP contribution < -0.4 is 11.5 Å². The summed E-state index contributed by atoms with van der Waals surface area (Å²) in [5, 5.41) is 0. The molecule has 0 saturated carbocycles. The minimum Gasteiger partial charge on any atom is -0.330 e. The Morgan fingerprint density at radius 2 is 2.14 bits per heavy atom. The van der Waals surface area contributed by atoms with E-state index in [1.165, 1.54) is 9.75 Å². The lowest BCUT2D eigenvalue weighted by molar-refractivity contribution is 0.598. The van der Waals surface area contributed by atoms with Crippen LogP contribution in [0.25, 0.3) is 0 Å². The number of rotatable bonds is 6. The van der Waals surface area contributed by atoms with E-state index in [4.69, 9.17) is 11.5 Å². The number of thiophene rings is 1. The maximum atomic E-state index is 6.07. The summed E-state index contributed by atoms with van der Waals surface area (Å²) in [6.07, 6.45) is 4.39. The Labute approximate surface area is 90.3 Å². The van der Waals surface area contributed by atoms with Gasteiger partial charge in [-0.25, -0.2) is 0 Å². The standard InChI is InChI=1S/C11H20N2S/c1-2-9-6-7-11(14-9)10(13)5-3-4-8-12/h6-7,10H,2-5,8,12-13H2,1H3/t10-/m0/s1. The van der Waals surface area contributed by atoms with E-state index in [1.54, 1.807) is 0 Å². The minimum atomic E-state index is 0.215. The molecule has 0 aromatic carbocycles. The summed E-state index contributed by atoms with van der Waals surface area (Å²) in [5.41, 5.74) is 11.5. The molecule has 0 spiro atoms. The van der Waals surface area contributed by atoms with Crippen LogP contribution in [0, 0.1) is 0 Å². The molecular formula is C11H20N2S. The van der Waals surface area contributed by atoms with Crippen molar-refractivity contribution in [2.75, 3.05) is 6.54 Å². The average molecular weight is 212 g/mol. The number of hydrogen-bond acceptors (Lipinski definition) is 3. The van der Waals surface area contributed by atoms with E-state index >= 15 is 0 Å². The molecule has 1 aromatic rings. The maximum Gasteiger partial charge on any atom is 0.0389 e. The molecule has 0 radical (unpaired) electrons. The van der Waals surface area contributed by atoms with Gasteiger partial charge < -0.3 is 11.5 Å². The van der Waals surface area contributed by atoms with Gasteiger partial charge in [0.15, 0.2) is 0 Å². The Morgan fingerprint density at radius 3 is 2.71 bits per heavy atom. The van der Waals surface area contributed by atoms with Crippen molar-refractivity contribution < 1.29 is 0 Å². The molecule has 0 saturated heterocycles. The lowest BCUT2D eigenvalue weighted by Gasteiger charge is -2.08. The molecule has 1 aromatic heterocycles. The third-order valence-electron chi connectivity index (χ3n) is 2.37. The van der Waals surface area contributed by atoms with Crippen molar-refractivity contribution in [2.24, 2.45) is 11.5 Å². The van der Waals surface area contributed by atoms with E-state index in [-0.39, 0.29) is 6.04 Å². The Hall–Kier alpha value is -0.380. The zero-order valence-corrected chi connectivity index (χ0v) is 9.65. The molecule has 4 N–H and O–H groups in total. The van der Waals surface area contributed by atoms with Gasteiger partial charge in [-0.15, -0.1) is 11.3 Å². The molecule has 1 rings (SSSR count). The summed E-state index contributed by atoms with van der Waals surface area (Å²) < 4.78 is 0. The smallest absolute Gasteiger partial charge is 0.0389 e. The second-order valence-corrected chi connectivity index (χ2v) is 4.75. The SMILES string of the molecule is CCc1ccc([C@@H](N)CCCCN)s1. The van der Waals surface area contributed by atoms with E-state index in [0.717, 1.165) is 32.2 Å². The van der Waals surface area contributed by atoms with Gasteiger partial charge in [0.05, 0.1) is 0 Å². The number of nitrogens with two attached hydrogens (primary N) is 2. The first-order valence-corrected chi connectivity index (χ1v) is 6.13. The van der Waals surface area contributed by atoms with E-state index in [1.807, 2.05) is 11.3 Å². The lowest BCUT2D eigenvalue weighted by atomic mass is 10.1. The van der Waals surface area contributed by atoms with E-state index in [2.05, 4.69) is 19.1 Å². The number of hydrogen-bond donors (Lipinski definition) is 2. The summed E-state index contributed by atoms with van der Waals surface area (Å²) in [6, 6.07) is 4.56. The minimum absolute atomic E-state index is 0.215. The van der Waals surface area contributed by atoms with Gasteiger partial charge in [0.2, 0.25) is 0 Å². The van der Waals surface area contributed by atoms with Crippen molar-refractivity contribution in [3.63, 3.8) is 0 Å². The zero-order chi connectivity index (χ0) is 10.4. The van der Waals surface area contributed by atoms with Gasteiger partial charge in [-0.3, -0.25) is 0 Å². The summed E-state index contributed by atoms with van der Waals surface area (Å²) >= 11 is 1.84. The second kappa shape index (κ2) is 6.17. The summed E-state index contributed by atoms with van der Waals surface area (Å²) in [5.74, 6) is 0. The Morgan fingerprint density at radius 1 is 1.36 bits per heavy atom. The van der Waals surface area contributed by atoms with Gasteiger partial charge in [-0.1, -0.05) is 13.3 Å². The highest BCUT2D eigenvalue weighted by Gasteiger charge is 2.07. The normalized spacial score (nSPS) is 13.1. The average Bonchev–Trinajstić information content (AvgIpc) is 2.66. The second-order valence-electron chi connectivity index (χ2n) is 3.55. The van der Waals surface area contributed by atoms with Crippen LogP contribution in [0.4, 0.5) is 0 Å². The Balaban J connectivity index is 2.39. The maximum absolute atomic E-state index is 6.07. The van der Waals surface area contributed by atoms with Crippen molar-refractivity contribution in [1.29, 1.82) is 0 Å². The molecule has 1 atom stereocenters. The van der Waals surface area contributed by atoms with Crippen LogP contribution in [0.2, 0.25) is 0 Å². The molecule has 80 valence electrons. The van der Waals surface area contributed by atoms with Crippen LogP contribution in [0.1, 0.15) is 42.0 Å². The van der Waals surface area contributed by atoms with Crippen LogP contribution in [0.5, 0.6) is 0 Å². The highest BCUT2D eigenvalue weighted by molar-refractivity contribution is 7.12. The first-order chi connectivity index (χ1) is 6.77. The van der Waals surface area contributed by atoms with Crippen molar-refractivity contribution in [2.45, 2.75) is 38.6 Å². The van der Waals surface area contributed by atoms with Crippen LogP contribution in [-0.2, 0) is 6.42 Å². The molecule has 0 fully saturated rings. The fraction of sp³-hybridized carbons (Fsp3) is 0.636. The monoisotopic (exact) mass is 212 g/mol. The molecule has 0 amide bonds. The van der Waals surface area contributed by atoms with Crippen LogP contribution in [0.15, 0.2) is 12.1 Å². The number of unbranched alkanes of at least 4 members (excludes halogenated alkanes) is 1. The first kappa shape index (κ1) is 11.7. The van der Waals surface area contributed by atoms with Crippen LogP contribution in [0.3, 0.4) is 0 Å². The molecule has 14 heavy (non-hydrogen) atoms. The third-order valence-corrected chi connectivity index (χ3v) is 3.73. The molecule has 0 aliphatic heterocycles. The van der Waals surface area contributed by atoms with Gasteiger partial charge in [-0.05, 0) is 37.9 Å². The van der Waals surface area contributed by atoms with E-state index in [9.17, 15) is 0 Å². The van der Waals surface area contributed by atoms with Crippen molar-refractivity contribution in [1.82, 2.24) is 0 Å². The predicted octanol–water partition coefficient (Wildman–Crippen LogP) is 2.44. The highest BCUT2D eigenvalue weighted by Crippen LogP contribution is 2.25. The van der Waals surface area contributed by atoms with Crippen molar-refractivity contribution >= 4 is 11.3 Å². The van der Waals surface area contributed by atoms with Crippen molar-refractivity contribution in [3.05, 3.63) is 21.9 Å². The molecule has 2 nitrogen and oxygen atoms in total. The quantitative estimate of drug-likeness (QED) is 0.712. The first-order valence-electron chi connectivity index (χ1n) is 5.32. The largest absolute Gasteiger partial charge is 0.330 e. The fourth-order valence-corrected chi connectivity index (χ4v) is 2.42. The molecule has 3 heteroatoms. The van der Waals surface area contributed by atoms with Gasteiger partial charge in [-0.2, -0.15) is 0 Å². The Kier molecular flexibility index (Phi) is 5.15. The van der Waals surface area contributed by atoms with Crippen molar-refractivity contribution in [3.8, 4) is 0 Å². The van der Waals surface area contributed by atoms with Gasteiger partial charge in [0.25, 0.3) is 0 Å². The molecule has 0 aliphatic rings. The number of aryl methyl sites for hydroxylation is 1. The summed E-state index contributed by atoms with van der Waals surface area (Å²) in [4.78, 5) is 2.74. The lowest BCUT2D eigenvalue weighted by Crippen LogP contribution is -2.09.